The molecular formula is C14H18N4O2S. The maximum Gasteiger partial charge on any atom is 0.320 e. The Morgan fingerprint density at radius 3 is 2.76 bits per heavy atom. The van der Waals surface area contributed by atoms with Gasteiger partial charge in [-0.05, 0) is 19.4 Å². The maximum absolute atomic E-state index is 12.1. The van der Waals surface area contributed by atoms with E-state index in [1.54, 1.807) is 31.6 Å². The van der Waals surface area contributed by atoms with E-state index in [4.69, 9.17) is 4.74 Å². The topological polar surface area (TPSA) is 76.1 Å². The lowest BCUT2D eigenvalue weighted by Crippen LogP contribution is -2.45. The van der Waals surface area contributed by atoms with Gasteiger partial charge in [0.2, 0.25) is 5.88 Å². The number of ether oxygens (including phenoxy) is 1. The Morgan fingerprint density at radius 1 is 1.43 bits per heavy atom. The zero-order valence-electron chi connectivity index (χ0n) is 12.2. The van der Waals surface area contributed by atoms with Crippen LogP contribution in [0, 0.1) is 0 Å². The fourth-order valence-electron chi connectivity index (χ4n) is 1.78. The largest absolute Gasteiger partial charge is 0.481 e. The molecule has 0 saturated carbocycles. The quantitative estimate of drug-likeness (QED) is 0.890. The van der Waals surface area contributed by atoms with Gasteiger partial charge in [0.05, 0.1) is 24.5 Å². The number of carbonyl (C=O) groups excluding carboxylic acids is 1. The third kappa shape index (κ3) is 3.69. The molecule has 0 aromatic carbocycles. The highest BCUT2D eigenvalue weighted by atomic mass is 32.1. The van der Waals surface area contributed by atoms with Crippen molar-refractivity contribution >= 4 is 23.1 Å². The Balaban J connectivity index is 2.03. The van der Waals surface area contributed by atoms with Crippen LogP contribution >= 0.6 is 11.3 Å². The highest BCUT2D eigenvalue weighted by Gasteiger charge is 2.29. The van der Waals surface area contributed by atoms with E-state index in [0.29, 0.717) is 11.6 Å². The van der Waals surface area contributed by atoms with Crippen LogP contribution < -0.4 is 15.4 Å². The number of anilines is 1. The Morgan fingerprint density at radius 2 is 2.24 bits per heavy atom. The summed E-state index contributed by atoms with van der Waals surface area (Å²) < 4.78 is 4.97. The number of amides is 2. The summed E-state index contributed by atoms with van der Waals surface area (Å²) in [4.78, 5) is 20.5. The van der Waals surface area contributed by atoms with Crippen molar-refractivity contribution in [3.8, 4) is 5.88 Å². The molecular weight excluding hydrogens is 288 g/mol. The van der Waals surface area contributed by atoms with E-state index in [1.807, 2.05) is 19.2 Å². The first-order valence-electron chi connectivity index (χ1n) is 6.56. The van der Waals surface area contributed by atoms with Crippen LogP contribution in [-0.2, 0) is 5.54 Å². The Bertz CT molecular complexity index is 586. The van der Waals surface area contributed by atoms with Gasteiger partial charge in [-0.1, -0.05) is 6.92 Å². The summed E-state index contributed by atoms with van der Waals surface area (Å²) in [6.07, 6.45) is 4.03. The second kappa shape index (κ2) is 6.53. The van der Waals surface area contributed by atoms with Crippen LogP contribution in [0.5, 0.6) is 5.88 Å². The van der Waals surface area contributed by atoms with Crippen LogP contribution in [0.3, 0.4) is 0 Å². The van der Waals surface area contributed by atoms with Crippen LogP contribution in [0.25, 0.3) is 0 Å². The standard InChI is InChI=1S/C14H18N4O2S/c1-4-14(2,12-15-7-8-21-12)18-13(19)17-10-5-6-11(20-3)16-9-10/h5-9H,4H2,1-3H3,(H2,17,18,19)/t14-/m0/s1. The van der Waals surface area contributed by atoms with Gasteiger partial charge in [0.15, 0.2) is 0 Å². The molecule has 0 unspecified atom stereocenters. The number of carbonyl (C=O) groups is 1. The zero-order chi connectivity index (χ0) is 15.3. The third-order valence-electron chi connectivity index (χ3n) is 3.20. The summed E-state index contributed by atoms with van der Waals surface area (Å²) >= 11 is 1.53. The maximum atomic E-state index is 12.1. The number of nitrogens with one attached hydrogen (secondary N) is 2. The number of rotatable bonds is 5. The molecule has 6 nitrogen and oxygen atoms in total. The third-order valence-corrected chi connectivity index (χ3v) is 4.24. The molecule has 7 heteroatoms. The minimum atomic E-state index is -0.488. The minimum absolute atomic E-state index is 0.290. The van der Waals surface area contributed by atoms with Crippen LogP contribution in [0.15, 0.2) is 29.9 Å². The molecule has 2 heterocycles. The van der Waals surface area contributed by atoms with E-state index in [2.05, 4.69) is 20.6 Å². The summed E-state index contributed by atoms with van der Waals surface area (Å²) in [5, 5.41) is 8.50. The molecule has 2 aromatic rings. The molecule has 0 aliphatic heterocycles. The molecule has 2 rings (SSSR count). The first-order valence-corrected chi connectivity index (χ1v) is 7.44. The number of pyridine rings is 1. The number of thiazole rings is 1. The summed E-state index contributed by atoms with van der Waals surface area (Å²) in [6.45, 7) is 3.97. The number of nitrogens with zero attached hydrogens (tertiary/aromatic N) is 2. The van der Waals surface area contributed by atoms with Crippen molar-refractivity contribution in [3.05, 3.63) is 34.9 Å². The lowest BCUT2D eigenvalue weighted by Gasteiger charge is -2.27. The van der Waals surface area contributed by atoms with E-state index < -0.39 is 5.54 Å². The fourth-order valence-corrected chi connectivity index (χ4v) is 2.60. The average molecular weight is 306 g/mol. The van der Waals surface area contributed by atoms with Gasteiger partial charge in [-0.3, -0.25) is 0 Å². The Labute approximate surface area is 127 Å². The molecule has 21 heavy (non-hydrogen) atoms. The molecule has 1 atom stereocenters. The summed E-state index contributed by atoms with van der Waals surface area (Å²) in [6, 6.07) is 3.13. The first kappa shape index (κ1) is 15.2. The fraction of sp³-hybridized carbons (Fsp3) is 0.357. The van der Waals surface area contributed by atoms with Gasteiger partial charge in [0.1, 0.15) is 5.01 Å². The summed E-state index contributed by atoms with van der Waals surface area (Å²) in [5.41, 5.74) is 0.115. The number of methoxy groups -OCH3 is 1. The minimum Gasteiger partial charge on any atom is -0.481 e. The molecule has 0 spiro atoms. The lowest BCUT2D eigenvalue weighted by molar-refractivity contribution is 0.237. The molecule has 2 N–H and O–H groups in total. The molecule has 0 radical (unpaired) electrons. The molecule has 112 valence electrons. The smallest absolute Gasteiger partial charge is 0.320 e. The van der Waals surface area contributed by atoms with E-state index in [9.17, 15) is 4.79 Å². The van der Waals surface area contributed by atoms with Crippen molar-refractivity contribution < 1.29 is 9.53 Å². The number of hydrogen-bond acceptors (Lipinski definition) is 5. The van der Waals surface area contributed by atoms with Crippen molar-refractivity contribution in [1.29, 1.82) is 0 Å². The van der Waals surface area contributed by atoms with Crippen LogP contribution in [0.4, 0.5) is 10.5 Å². The van der Waals surface area contributed by atoms with Gasteiger partial charge in [-0.25, -0.2) is 14.8 Å². The van der Waals surface area contributed by atoms with E-state index in [0.717, 1.165) is 11.4 Å². The molecule has 0 aliphatic carbocycles. The summed E-state index contributed by atoms with van der Waals surface area (Å²) in [5.74, 6) is 0.502. The highest BCUT2D eigenvalue weighted by molar-refractivity contribution is 7.09. The van der Waals surface area contributed by atoms with Gasteiger partial charge in [0, 0.05) is 17.6 Å². The van der Waals surface area contributed by atoms with E-state index in [1.165, 1.54) is 11.3 Å². The van der Waals surface area contributed by atoms with Gasteiger partial charge < -0.3 is 15.4 Å². The number of aromatic nitrogens is 2. The lowest BCUT2D eigenvalue weighted by atomic mass is 10.0. The van der Waals surface area contributed by atoms with Gasteiger partial charge in [-0.2, -0.15) is 0 Å². The monoisotopic (exact) mass is 306 g/mol. The molecule has 0 aliphatic rings. The first-order chi connectivity index (χ1) is 10.1. The van der Waals surface area contributed by atoms with Gasteiger partial charge >= 0.3 is 6.03 Å². The molecule has 0 saturated heterocycles. The van der Waals surface area contributed by atoms with Gasteiger partial charge in [-0.15, -0.1) is 11.3 Å². The molecule has 0 bridgehead atoms. The van der Waals surface area contributed by atoms with Gasteiger partial charge in [0.25, 0.3) is 0 Å². The SMILES string of the molecule is CC[C@](C)(NC(=O)Nc1ccc(OC)nc1)c1nccs1. The highest BCUT2D eigenvalue weighted by Crippen LogP contribution is 2.26. The average Bonchev–Trinajstić information content (AvgIpc) is 3.02. The zero-order valence-corrected chi connectivity index (χ0v) is 13.0. The van der Waals surface area contributed by atoms with Crippen molar-refractivity contribution in [2.24, 2.45) is 0 Å². The summed E-state index contributed by atoms with van der Waals surface area (Å²) in [7, 11) is 1.54. The van der Waals surface area contributed by atoms with E-state index in [-0.39, 0.29) is 6.03 Å². The Kier molecular flexibility index (Phi) is 4.74. The Hall–Kier alpha value is -2.15. The number of urea groups is 1. The van der Waals surface area contributed by atoms with Crippen molar-refractivity contribution in [1.82, 2.24) is 15.3 Å². The van der Waals surface area contributed by atoms with Crippen LogP contribution in [0.1, 0.15) is 25.3 Å². The number of hydrogen-bond donors (Lipinski definition) is 2. The van der Waals surface area contributed by atoms with Crippen LogP contribution in [0.2, 0.25) is 0 Å². The molecule has 0 fully saturated rings. The second-order valence-corrected chi connectivity index (χ2v) is 5.59. The van der Waals surface area contributed by atoms with Crippen molar-refractivity contribution in [3.63, 3.8) is 0 Å². The second-order valence-electron chi connectivity index (χ2n) is 4.69. The van der Waals surface area contributed by atoms with Crippen LogP contribution in [-0.4, -0.2) is 23.1 Å². The van der Waals surface area contributed by atoms with E-state index >= 15 is 0 Å². The molecule has 2 amide bonds. The van der Waals surface area contributed by atoms with Crippen molar-refractivity contribution in [2.75, 3.05) is 12.4 Å². The van der Waals surface area contributed by atoms with Crippen molar-refractivity contribution in [2.45, 2.75) is 25.8 Å². The predicted octanol–water partition coefficient (Wildman–Crippen LogP) is 2.99. The molecule has 2 aromatic heterocycles. The predicted molar refractivity (Wildman–Crippen MR) is 82.7 cm³/mol. The normalized spacial score (nSPS) is 13.3.